The predicted octanol–water partition coefficient (Wildman–Crippen LogP) is 3.48. The molecule has 0 radical (unpaired) electrons. The second kappa shape index (κ2) is 7.26. The SMILES string of the molecule is CC1(c2ccc3ccccc3c2)NC(=O)N(CC(=O)OC2CCCCC2)C1=O. The van der Waals surface area contributed by atoms with E-state index in [2.05, 4.69) is 5.32 Å². The van der Waals surface area contributed by atoms with Crippen LogP contribution >= 0.6 is 0 Å². The summed E-state index contributed by atoms with van der Waals surface area (Å²) in [5, 5.41) is 4.79. The largest absolute Gasteiger partial charge is 0.461 e. The Hall–Kier alpha value is -2.89. The highest BCUT2D eigenvalue weighted by Gasteiger charge is 2.49. The standard InChI is InChI=1S/C22H24N2O4/c1-22(17-12-11-15-7-5-6-8-16(15)13-17)20(26)24(21(27)23-22)14-19(25)28-18-9-3-2-4-10-18/h5-8,11-13,18H,2-4,9-10,14H2,1H3,(H,23,27). The van der Waals surface area contributed by atoms with E-state index < -0.39 is 23.4 Å². The first-order chi connectivity index (χ1) is 13.5. The summed E-state index contributed by atoms with van der Waals surface area (Å²) < 4.78 is 5.47. The van der Waals surface area contributed by atoms with Gasteiger partial charge in [-0.25, -0.2) is 4.79 Å². The number of urea groups is 1. The Labute approximate surface area is 163 Å². The Morgan fingerprint density at radius 1 is 1.11 bits per heavy atom. The smallest absolute Gasteiger partial charge is 0.326 e. The van der Waals surface area contributed by atoms with Gasteiger partial charge in [0.1, 0.15) is 18.2 Å². The molecule has 3 amide bonds. The molecule has 1 aliphatic heterocycles. The van der Waals surface area contributed by atoms with Crippen LogP contribution in [0.4, 0.5) is 4.79 Å². The molecular weight excluding hydrogens is 356 g/mol. The van der Waals surface area contributed by atoms with Gasteiger partial charge in [0.15, 0.2) is 0 Å². The number of amides is 3. The van der Waals surface area contributed by atoms with Gasteiger partial charge in [-0.3, -0.25) is 14.5 Å². The molecule has 0 aromatic heterocycles. The minimum Gasteiger partial charge on any atom is -0.461 e. The van der Waals surface area contributed by atoms with Gasteiger partial charge in [-0.1, -0.05) is 42.8 Å². The lowest BCUT2D eigenvalue weighted by Gasteiger charge is -2.24. The second-order valence-corrected chi connectivity index (χ2v) is 7.76. The first-order valence-electron chi connectivity index (χ1n) is 9.80. The summed E-state index contributed by atoms with van der Waals surface area (Å²) in [4.78, 5) is 38.7. The zero-order valence-electron chi connectivity index (χ0n) is 15.9. The second-order valence-electron chi connectivity index (χ2n) is 7.76. The van der Waals surface area contributed by atoms with Crippen LogP contribution in [0.3, 0.4) is 0 Å². The normalized spacial score (nSPS) is 23.1. The van der Waals surface area contributed by atoms with Crippen LogP contribution in [0.1, 0.15) is 44.6 Å². The number of nitrogens with one attached hydrogen (secondary N) is 1. The lowest BCUT2D eigenvalue weighted by molar-refractivity contribution is -0.153. The van der Waals surface area contributed by atoms with Gasteiger partial charge in [0.05, 0.1) is 0 Å². The summed E-state index contributed by atoms with van der Waals surface area (Å²) in [6.45, 7) is 1.31. The number of esters is 1. The molecule has 1 saturated heterocycles. The maximum Gasteiger partial charge on any atom is 0.326 e. The highest BCUT2D eigenvalue weighted by molar-refractivity contribution is 6.09. The molecule has 146 valence electrons. The van der Waals surface area contributed by atoms with Crippen LogP contribution in [0.15, 0.2) is 42.5 Å². The van der Waals surface area contributed by atoms with E-state index in [4.69, 9.17) is 4.74 Å². The molecule has 1 N–H and O–H groups in total. The maximum absolute atomic E-state index is 13.0. The van der Waals surface area contributed by atoms with E-state index >= 15 is 0 Å². The lowest BCUT2D eigenvalue weighted by atomic mass is 9.90. The van der Waals surface area contributed by atoms with Gasteiger partial charge in [-0.05, 0) is 55.0 Å². The predicted molar refractivity (Wildman–Crippen MR) is 105 cm³/mol. The molecule has 2 aromatic carbocycles. The van der Waals surface area contributed by atoms with Crippen molar-refractivity contribution in [3.05, 3.63) is 48.0 Å². The van der Waals surface area contributed by atoms with Gasteiger partial charge in [0.2, 0.25) is 0 Å². The zero-order chi connectivity index (χ0) is 19.7. The molecule has 6 heteroatoms. The van der Waals surface area contributed by atoms with Crippen LogP contribution in [0, 0.1) is 0 Å². The Morgan fingerprint density at radius 3 is 2.57 bits per heavy atom. The number of hydrogen-bond donors (Lipinski definition) is 1. The van der Waals surface area contributed by atoms with Crippen molar-refractivity contribution in [2.24, 2.45) is 0 Å². The fourth-order valence-electron chi connectivity index (χ4n) is 4.07. The molecule has 2 aliphatic rings. The van der Waals surface area contributed by atoms with E-state index in [-0.39, 0.29) is 12.6 Å². The molecule has 2 aromatic rings. The van der Waals surface area contributed by atoms with Gasteiger partial charge >= 0.3 is 12.0 Å². The number of carbonyl (C=O) groups excluding carboxylic acids is 3. The molecule has 1 aliphatic carbocycles. The minimum absolute atomic E-state index is 0.103. The summed E-state index contributed by atoms with van der Waals surface area (Å²) in [7, 11) is 0. The highest BCUT2D eigenvalue weighted by Crippen LogP contribution is 2.31. The molecule has 1 atom stereocenters. The summed E-state index contributed by atoms with van der Waals surface area (Å²) >= 11 is 0. The van der Waals surface area contributed by atoms with Crippen molar-refractivity contribution in [2.45, 2.75) is 50.7 Å². The maximum atomic E-state index is 13.0. The van der Waals surface area contributed by atoms with Crippen LogP contribution in [-0.4, -0.2) is 35.5 Å². The van der Waals surface area contributed by atoms with Crippen molar-refractivity contribution in [3.63, 3.8) is 0 Å². The van der Waals surface area contributed by atoms with E-state index in [0.29, 0.717) is 5.56 Å². The van der Waals surface area contributed by atoms with Gasteiger partial charge < -0.3 is 10.1 Å². The van der Waals surface area contributed by atoms with Crippen molar-refractivity contribution >= 4 is 28.7 Å². The van der Waals surface area contributed by atoms with E-state index in [1.165, 1.54) is 0 Å². The van der Waals surface area contributed by atoms with E-state index in [0.717, 1.165) is 47.8 Å². The third-order valence-corrected chi connectivity index (χ3v) is 5.74. The quantitative estimate of drug-likeness (QED) is 0.651. The minimum atomic E-state index is -1.20. The zero-order valence-corrected chi connectivity index (χ0v) is 15.9. The molecule has 1 saturated carbocycles. The van der Waals surface area contributed by atoms with E-state index in [9.17, 15) is 14.4 Å². The van der Waals surface area contributed by atoms with Crippen molar-refractivity contribution in [1.82, 2.24) is 10.2 Å². The topological polar surface area (TPSA) is 75.7 Å². The van der Waals surface area contributed by atoms with Gasteiger partial charge in [0, 0.05) is 0 Å². The number of nitrogens with zero attached hydrogens (tertiary/aromatic N) is 1. The van der Waals surface area contributed by atoms with Gasteiger partial charge in [-0.2, -0.15) is 0 Å². The lowest BCUT2D eigenvalue weighted by Crippen LogP contribution is -2.42. The highest BCUT2D eigenvalue weighted by atomic mass is 16.5. The van der Waals surface area contributed by atoms with Crippen molar-refractivity contribution in [2.75, 3.05) is 6.54 Å². The van der Waals surface area contributed by atoms with Crippen molar-refractivity contribution in [3.8, 4) is 0 Å². The Balaban J connectivity index is 1.51. The van der Waals surface area contributed by atoms with Crippen LogP contribution in [-0.2, 0) is 19.9 Å². The average molecular weight is 380 g/mol. The Bertz CT molecular complexity index is 935. The van der Waals surface area contributed by atoms with Gasteiger partial charge in [0.25, 0.3) is 5.91 Å². The number of hydrogen-bond acceptors (Lipinski definition) is 4. The van der Waals surface area contributed by atoms with Gasteiger partial charge in [-0.15, -0.1) is 0 Å². The summed E-state index contributed by atoms with van der Waals surface area (Å²) in [6.07, 6.45) is 4.84. The third-order valence-electron chi connectivity index (χ3n) is 5.74. The third kappa shape index (κ3) is 3.35. The number of rotatable bonds is 4. The number of ether oxygens (including phenoxy) is 1. The molecule has 4 rings (SSSR count). The molecule has 0 spiro atoms. The molecule has 2 fully saturated rings. The van der Waals surface area contributed by atoms with E-state index in [1.807, 2.05) is 42.5 Å². The van der Waals surface area contributed by atoms with E-state index in [1.54, 1.807) is 6.92 Å². The summed E-state index contributed by atoms with van der Waals surface area (Å²) in [5.41, 5.74) is -0.514. The summed E-state index contributed by atoms with van der Waals surface area (Å²) in [5.74, 6) is -0.966. The molecule has 0 bridgehead atoms. The van der Waals surface area contributed by atoms with Crippen LogP contribution in [0.25, 0.3) is 10.8 Å². The molecule has 1 unspecified atom stereocenters. The molecule has 6 nitrogen and oxygen atoms in total. The average Bonchev–Trinajstić information content (AvgIpc) is 2.92. The van der Waals surface area contributed by atoms with Crippen molar-refractivity contribution in [1.29, 1.82) is 0 Å². The molecule has 1 heterocycles. The van der Waals surface area contributed by atoms with Crippen molar-refractivity contribution < 1.29 is 19.1 Å². The first kappa shape index (κ1) is 18.5. The number of imide groups is 1. The molecular formula is C22H24N2O4. The Kier molecular flexibility index (Phi) is 4.79. The molecule has 28 heavy (non-hydrogen) atoms. The first-order valence-corrected chi connectivity index (χ1v) is 9.80. The summed E-state index contributed by atoms with van der Waals surface area (Å²) in [6, 6.07) is 12.9. The van der Waals surface area contributed by atoms with Crippen LogP contribution in [0.2, 0.25) is 0 Å². The fraction of sp³-hybridized carbons (Fsp3) is 0.409. The van der Waals surface area contributed by atoms with Crippen LogP contribution in [0.5, 0.6) is 0 Å². The Morgan fingerprint density at radius 2 is 1.82 bits per heavy atom. The van der Waals surface area contributed by atoms with Crippen LogP contribution < -0.4 is 5.32 Å². The number of fused-ring (bicyclic) bond motifs is 1. The monoisotopic (exact) mass is 380 g/mol. The number of benzene rings is 2. The fourth-order valence-corrected chi connectivity index (χ4v) is 4.07. The number of carbonyl (C=O) groups is 3.